The van der Waals surface area contributed by atoms with Gasteiger partial charge in [0.15, 0.2) is 0 Å². The Morgan fingerprint density at radius 1 is 1.28 bits per heavy atom. The van der Waals surface area contributed by atoms with E-state index in [0.717, 1.165) is 35.7 Å². The first-order chi connectivity index (χ1) is 12.3. The van der Waals surface area contributed by atoms with Crippen molar-refractivity contribution in [2.75, 3.05) is 18.6 Å². The minimum atomic E-state index is 0.554. The number of methoxy groups -OCH3 is 1. The van der Waals surface area contributed by atoms with Gasteiger partial charge in [0.1, 0.15) is 23.4 Å². The number of benzene rings is 1. The normalized spacial score (nSPS) is 13.2. The van der Waals surface area contributed by atoms with E-state index in [1.165, 1.54) is 0 Å². The zero-order chi connectivity index (χ0) is 17.2. The highest BCUT2D eigenvalue weighted by atomic mass is 16.5. The van der Waals surface area contributed by atoms with Crippen LogP contribution in [0.1, 0.15) is 17.0 Å². The van der Waals surface area contributed by atoms with Gasteiger partial charge in [0, 0.05) is 24.7 Å². The maximum atomic E-state index is 9.28. The van der Waals surface area contributed by atoms with Crippen molar-refractivity contribution >= 4 is 5.82 Å². The Morgan fingerprint density at radius 2 is 2.20 bits per heavy atom. The SMILES string of the molecule is COc1cccc(-c2nc3c(o2)CN(c2ncccc2C#N)CC3)c1. The van der Waals surface area contributed by atoms with Crippen molar-refractivity contribution in [2.45, 2.75) is 13.0 Å². The molecule has 0 atom stereocenters. The maximum absolute atomic E-state index is 9.28. The Balaban J connectivity index is 1.64. The molecule has 1 aliphatic rings. The summed E-state index contributed by atoms with van der Waals surface area (Å²) in [5.41, 5.74) is 2.41. The fourth-order valence-corrected chi connectivity index (χ4v) is 2.99. The molecule has 0 bridgehead atoms. The van der Waals surface area contributed by atoms with Crippen LogP contribution >= 0.6 is 0 Å². The second kappa shape index (κ2) is 6.29. The zero-order valence-corrected chi connectivity index (χ0v) is 13.8. The van der Waals surface area contributed by atoms with Crippen LogP contribution in [0.5, 0.6) is 5.75 Å². The van der Waals surface area contributed by atoms with Crippen LogP contribution < -0.4 is 9.64 Å². The minimum Gasteiger partial charge on any atom is -0.497 e. The van der Waals surface area contributed by atoms with Crippen molar-refractivity contribution in [1.82, 2.24) is 9.97 Å². The summed E-state index contributed by atoms with van der Waals surface area (Å²) >= 11 is 0. The van der Waals surface area contributed by atoms with E-state index in [1.54, 1.807) is 25.4 Å². The van der Waals surface area contributed by atoms with Gasteiger partial charge < -0.3 is 14.1 Å². The lowest BCUT2D eigenvalue weighted by atomic mass is 10.1. The fourth-order valence-electron chi connectivity index (χ4n) is 2.99. The lowest BCUT2D eigenvalue weighted by Crippen LogP contribution is -2.31. The van der Waals surface area contributed by atoms with E-state index in [4.69, 9.17) is 9.15 Å². The smallest absolute Gasteiger partial charge is 0.226 e. The van der Waals surface area contributed by atoms with E-state index in [2.05, 4.69) is 20.9 Å². The average molecular weight is 332 g/mol. The molecule has 0 saturated carbocycles. The monoisotopic (exact) mass is 332 g/mol. The molecule has 124 valence electrons. The number of oxazole rings is 1. The van der Waals surface area contributed by atoms with Crippen LogP contribution in [-0.2, 0) is 13.0 Å². The Labute approximate surface area is 145 Å². The highest BCUT2D eigenvalue weighted by Crippen LogP contribution is 2.30. The molecule has 6 nitrogen and oxygen atoms in total. The minimum absolute atomic E-state index is 0.554. The van der Waals surface area contributed by atoms with Gasteiger partial charge in [-0.25, -0.2) is 9.97 Å². The molecule has 1 aromatic carbocycles. The highest BCUT2D eigenvalue weighted by Gasteiger charge is 2.25. The third-order valence-electron chi connectivity index (χ3n) is 4.25. The third kappa shape index (κ3) is 2.81. The summed E-state index contributed by atoms with van der Waals surface area (Å²) < 4.78 is 11.3. The quantitative estimate of drug-likeness (QED) is 0.733. The first kappa shape index (κ1) is 15.2. The van der Waals surface area contributed by atoms with Crippen molar-refractivity contribution in [3.8, 4) is 23.3 Å². The number of hydrogen-bond donors (Lipinski definition) is 0. The summed E-state index contributed by atoms with van der Waals surface area (Å²) in [6.45, 7) is 1.31. The first-order valence-corrected chi connectivity index (χ1v) is 8.01. The van der Waals surface area contributed by atoms with Crippen molar-refractivity contribution in [3.63, 3.8) is 0 Å². The predicted molar refractivity (Wildman–Crippen MR) is 92.2 cm³/mol. The van der Waals surface area contributed by atoms with E-state index >= 15 is 0 Å². The molecular weight excluding hydrogens is 316 g/mol. The number of nitrogens with zero attached hydrogens (tertiary/aromatic N) is 4. The summed E-state index contributed by atoms with van der Waals surface area (Å²) in [6.07, 6.45) is 2.46. The average Bonchev–Trinajstić information content (AvgIpc) is 3.11. The van der Waals surface area contributed by atoms with Crippen molar-refractivity contribution in [3.05, 3.63) is 59.6 Å². The number of pyridine rings is 1. The number of nitriles is 1. The van der Waals surface area contributed by atoms with Crippen LogP contribution in [0.4, 0.5) is 5.82 Å². The molecule has 6 heteroatoms. The predicted octanol–water partition coefficient (Wildman–Crippen LogP) is 3.18. The number of ether oxygens (including phenoxy) is 1. The summed E-state index contributed by atoms with van der Waals surface area (Å²) in [6, 6.07) is 13.4. The molecule has 0 radical (unpaired) electrons. The molecule has 3 aromatic rings. The first-order valence-electron chi connectivity index (χ1n) is 8.01. The van der Waals surface area contributed by atoms with Crippen LogP contribution in [0.3, 0.4) is 0 Å². The van der Waals surface area contributed by atoms with Gasteiger partial charge in [-0.2, -0.15) is 5.26 Å². The third-order valence-corrected chi connectivity index (χ3v) is 4.25. The lowest BCUT2D eigenvalue weighted by Gasteiger charge is -2.26. The molecular formula is C19H16N4O2. The molecule has 0 aliphatic carbocycles. The Hall–Kier alpha value is -3.33. The number of fused-ring (bicyclic) bond motifs is 1. The number of anilines is 1. The van der Waals surface area contributed by atoms with Gasteiger partial charge >= 0.3 is 0 Å². The molecule has 0 fully saturated rings. The van der Waals surface area contributed by atoms with Crippen LogP contribution in [0, 0.1) is 11.3 Å². The molecule has 0 unspecified atom stereocenters. The maximum Gasteiger partial charge on any atom is 0.226 e. The van der Waals surface area contributed by atoms with E-state index in [1.807, 2.05) is 24.3 Å². The van der Waals surface area contributed by atoms with Gasteiger partial charge in [-0.3, -0.25) is 0 Å². The Bertz CT molecular complexity index is 958. The van der Waals surface area contributed by atoms with Gasteiger partial charge in [0.25, 0.3) is 0 Å². The number of rotatable bonds is 3. The molecule has 0 N–H and O–H groups in total. The van der Waals surface area contributed by atoms with E-state index in [9.17, 15) is 5.26 Å². The lowest BCUT2D eigenvalue weighted by molar-refractivity contribution is 0.414. The molecule has 4 rings (SSSR count). The summed E-state index contributed by atoms with van der Waals surface area (Å²) in [7, 11) is 1.64. The fraction of sp³-hybridized carbons (Fsp3) is 0.211. The molecule has 3 heterocycles. The van der Waals surface area contributed by atoms with Gasteiger partial charge in [0.2, 0.25) is 5.89 Å². The van der Waals surface area contributed by atoms with Gasteiger partial charge in [-0.05, 0) is 30.3 Å². The number of aromatic nitrogens is 2. The molecule has 2 aromatic heterocycles. The van der Waals surface area contributed by atoms with Crippen LogP contribution in [-0.4, -0.2) is 23.6 Å². The molecule has 1 aliphatic heterocycles. The zero-order valence-electron chi connectivity index (χ0n) is 13.8. The molecule has 0 spiro atoms. The highest BCUT2D eigenvalue weighted by molar-refractivity contribution is 5.58. The molecule has 0 amide bonds. The second-order valence-corrected chi connectivity index (χ2v) is 5.78. The van der Waals surface area contributed by atoms with Crippen molar-refractivity contribution in [2.24, 2.45) is 0 Å². The summed E-state index contributed by atoms with van der Waals surface area (Å²) in [5.74, 6) is 2.86. The summed E-state index contributed by atoms with van der Waals surface area (Å²) in [5, 5.41) is 9.28. The van der Waals surface area contributed by atoms with Gasteiger partial charge in [0.05, 0.1) is 24.9 Å². The van der Waals surface area contributed by atoms with Crippen LogP contribution in [0.25, 0.3) is 11.5 Å². The largest absolute Gasteiger partial charge is 0.497 e. The van der Waals surface area contributed by atoms with Crippen LogP contribution in [0.15, 0.2) is 47.0 Å². The van der Waals surface area contributed by atoms with E-state index in [-0.39, 0.29) is 0 Å². The second-order valence-electron chi connectivity index (χ2n) is 5.78. The molecule has 25 heavy (non-hydrogen) atoms. The number of hydrogen-bond acceptors (Lipinski definition) is 6. The van der Waals surface area contributed by atoms with Gasteiger partial charge in [-0.1, -0.05) is 6.07 Å². The molecule has 0 saturated heterocycles. The standard InChI is InChI=1S/C19H16N4O2/c1-24-15-6-2-4-13(10-15)19-22-16-7-9-23(12-17(16)25-19)18-14(11-20)5-3-8-21-18/h2-6,8,10H,7,9,12H2,1H3. The Morgan fingerprint density at radius 3 is 3.04 bits per heavy atom. The van der Waals surface area contributed by atoms with E-state index in [0.29, 0.717) is 23.8 Å². The van der Waals surface area contributed by atoms with Crippen LogP contribution in [0.2, 0.25) is 0 Å². The van der Waals surface area contributed by atoms with E-state index < -0.39 is 0 Å². The topological polar surface area (TPSA) is 75.2 Å². The Kier molecular flexibility index (Phi) is 3.82. The van der Waals surface area contributed by atoms with Crippen molar-refractivity contribution < 1.29 is 9.15 Å². The van der Waals surface area contributed by atoms with Crippen molar-refractivity contribution in [1.29, 1.82) is 5.26 Å². The van der Waals surface area contributed by atoms with Gasteiger partial charge in [-0.15, -0.1) is 0 Å². The summed E-state index contributed by atoms with van der Waals surface area (Å²) in [4.78, 5) is 11.0.